The number of nitrogens with one attached hydrogen (secondary N) is 1. The minimum absolute atomic E-state index is 0.480. The van der Waals surface area contributed by atoms with Crippen molar-refractivity contribution in [2.24, 2.45) is 5.41 Å². The van der Waals surface area contributed by atoms with Crippen LogP contribution >= 0.6 is 0 Å². The molecule has 15 heavy (non-hydrogen) atoms. The van der Waals surface area contributed by atoms with Crippen molar-refractivity contribution in [3.05, 3.63) is 18.1 Å². The smallest absolute Gasteiger partial charge is 0.147 e. The van der Waals surface area contributed by atoms with E-state index in [9.17, 15) is 0 Å². The van der Waals surface area contributed by atoms with E-state index in [-0.39, 0.29) is 0 Å². The number of nitrogens with zero attached hydrogens (tertiary/aromatic N) is 2. The van der Waals surface area contributed by atoms with Crippen LogP contribution in [-0.2, 0) is 0 Å². The molecule has 0 radical (unpaired) electrons. The van der Waals surface area contributed by atoms with Crippen LogP contribution in [0.5, 0.6) is 0 Å². The zero-order valence-electron chi connectivity index (χ0n) is 9.75. The summed E-state index contributed by atoms with van der Waals surface area (Å²) in [7, 11) is 0. The first kappa shape index (κ1) is 10.4. The summed E-state index contributed by atoms with van der Waals surface area (Å²) in [4.78, 5) is 8.55. The van der Waals surface area contributed by atoms with E-state index in [1.54, 1.807) is 12.4 Å². The molecule has 1 N–H and O–H groups in total. The van der Waals surface area contributed by atoms with Crippen molar-refractivity contribution in [1.82, 2.24) is 9.97 Å². The second-order valence-corrected chi connectivity index (χ2v) is 5.24. The molecule has 1 aromatic heterocycles. The molecule has 1 aliphatic rings. The molecular weight excluding hydrogens is 186 g/mol. The highest BCUT2D eigenvalue weighted by Crippen LogP contribution is 2.38. The van der Waals surface area contributed by atoms with Gasteiger partial charge in [0.1, 0.15) is 5.82 Å². The van der Waals surface area contributed by atoms with Gasteiger partial charge in [0.2, 0.25) is 0 Å². The Kier molecular flexibility index (Phi) is 2.63. The first-order chi connectivity index (χ1) is 7.07. The summed E-state index contributed by atoms with van der Waals surface area (Å²) in [5, 5.41) is 3.49. The van der Waals surface area contributed by atoms with Gasteiger partial charge in [-0.15, -0.1) is 0 Å². The molecule has 1 saturated carbocycles. The summed E-state index contributed by atoms with van der Waals surface area (Å²) in [6, 6.07) is 0.565. The molecule has 1 fully saturated rings. The summed E-state index contributed by atoms with van der Waals surface area (Å²) >= 11 is 0. The van der Waals surface area contributed by atoms with E-state index in [4.69, 9.17) is 0 Å². The van der Waals surface area contributed by atoms with E-state index in [2.05, 4.69) is 29.1 Å². The molecule has 1 atom stereocenters. The highest BCUT2D eigenvalue weighted by atomic mass is 15.0. The Morgan fingerprint density at radius 2 is 2.07 bits per heavy atom. The van der Waals surface area contributed by atoms with Gasteiger partial charge in [-0.05, 0) is 31.6 Å². The Bertz CT molecular complexity index is 346. The maximum atomic E-state index is 4.32. The number of aryl methyl sites for hydroxylation is 1. The Hall–Kier alpha value is -1.12. The quantitative estimate of drug-likeness (QED) is 0.806. The van der Waals surface area contributed by atoms with Crippen LogP contribution in [0.1, 0.15) is 38.8 Å². The topological polar surface area (TPSA) is 37.8 Å². The van der Waals surface area contributed by atoms with Crippen LogP contribution in [-0.4, -0.2) is 16.0 Å². The molecule has 0 aliphatic heterocycles. The number of anilines is 1. The zero-order valence-corrected chi connectivity index (χ0v) is 9.75. The highest BCUT2D eigenvalue weighted by Gasteiger charge is 2.31. The third kappa shape index (κ3) is 2.46. The molecule has 3 heteroatoms. The van der Waals surface area contributed by atoms with Crippen LogP contribution in [0.2, 0.25) is 0 Å². The summed E-state index contributed by atoms with van der Waals surface area (Å²) in [6.45, 7) is 6.66. The first-order valence-corrected chi connectivity index (χ1v) is 5.61. The lowest BCUT2D eigenvalue weighted by molar-refractivity contribution is 0.378. The SMILES string of the molecule is Cc1nccnc1NC1CCC(C)(C)C1. The predicted molar refractivity (Wildman–Crippen MR) is 61.8 cm³/mol. The minimum atomic E-state index is 0.480. The van der Waals surface area contributed by atoms with Gasteiger partial charge >= 0.3 is 0 Å². The van der Waals surface area contributed by atoms with Crippen molar-refractivity contribution in [3.8, 4) is 0 Å². The fourth-order valence-electron chi connectivity index (χ4n) is 2.30. The summed E-state index contributed by atoms with van der Waals surface area (Å²) < 4.78 is 0. The molecule has 1 aliphatic carbocycles. The average Bonchev–Trinajstić information content (AvgIpc) is 2.50. The second-order valence-electron chi connectivity index (χ2n) is 5.24. The van der Waals surface area contributed by atoms with Crippen LogP contribution < -0.4 is 5.32 Å². The third-order valence-electron chi connectivity index (χ3n) is 3.19. The van der Waals surface area contributed by atoms with Gasteiger partial charge in [-0.2, -0.15) is 0 Å². The van der Waals surface area contributed by atoms with Crippen molar-refractivity contribution in [2.45, 2.75) is 46.1 Å². The Balaban J connectivity index is 2.02. The summed E-state index contributed by atoms with van der Waals surface area (Å²) in [5.41, 5.74) is 1.47. The normalized spacial score (nSPS) is 24.1. The number of hydrogen-bond acceptors (Lipinski definition) is 3. The maximum Gasteiger partial charge on any atom is 0.147 e. The van der Waals surface area contributed by atoms with Gasteiger partial charge in [-0.25, -0.2) is 4.98 Å². The Morgan fingerprint density at radius 1 is 1.33 bits per heavy atom. The molecule has 1 aromatic rings. The van der Waals surface area contributed by atoms with Gasteiger partial charge in [0.15, 0.2) is 0 Å². The van der Waals surface area contributed by atoms with Gasteiger partial charge in [-0.1, -0.05) is 13.8 Å². The lowest BCUT2D eigenvalue weighted by Crippen LogP contribution is -2.19. The molecule has 0 amide bonds. The third-order valence-corrected chi connectivity index (χ3v) is 3.19. The van der Waals surface area contributed by atoms with E-state index in [0.717, 1.165) is 11.5 Å². The van der Waals surface area contributed by atoms with Crippen molar-refractivity contribution in [3.63, 3.8) is 0 Å². The lowest BCUT2D eigenvalue weighted by Gasteiger charge is -2.18. The second kappa shape index (κ2) is 3.80. The largest absolute Gasteiger partial charge is 0.366 e. The molecule has 1 unspecified atom stereocenters. The highest BCUT2D eigenvalue weighted by molar-refractivity contribution is 5.39. The molecule has 0 spiro atoms. The molecule has 2 rings (SSSR count). The van der Waals surface area contributed by atoms with Crippen LogP contribution in [0, 0.1) is 12.3 Å². The maximum absolute atomic E-state index is 4.32. The van der Waals surface area contributed by atoms with Crippen molar-refractivity contribution >= 4 is 5.82 Å². The van der Waals surface area contributed by atoms with Crippen molar-refractivity contribution in [1.29, 1.82) is 0 Å². The van der Waals surface area contributed by atoms with Crippen LogP contribution in [0.15, 0.2) is 12.4 Å². The fraction of sp³-hybridized carbons (Fsp3) is 0.667. The van der Waals surface area contributed by atoms with Crippen molar-refractivity contribution < 1.29 is 0 Å². The Labute approximate surface area is 91.3 Å². The van der Waals surface area contributed by atoms with Gasteiger partial charge in [0.25, 0.3) is 0 Å². The molecule has 0 saturated heterocycles. The fourth-order valence-corrected chi connectivity index (χ4v) is 2.30. The standard InChI is InChI=1S/C12H19N3/c1-9-11(14-7-6-13-9)15-10-4-5-12(2,3)8-10/h6-7,10H,4-5,8H2,1-3H3,(H,14,15). The first-order valence-electron chi connectivity index (χ1n) is 5.61. The van der Waals surface area contributed by atoms with E-state index < -0.39 is 0 Å². The lowest BCUT2D eigenvalue weighted by atomic mass is 9.92. The number of hydrogen-bond donors (Lipinski definition) is 1. The number of aromatic nitrogens is 2. The van der Waals surface area contributed by atoms with Gasteiger partial charge < -0.3 is 5.32 Å². The van der Waals surface area contributed by atoms with E-state index in [1.165, 1.54) is 19.3 Å². The molecule has 1 heterocycles. The monoisotopic (exact) mass is 205 g/mol. The van der Waals surface area contributed by atoms with Crippen LogP contribution in [0.3, 0.4) is 0 Å². The molecule has 3 nitrogen and oxygen atoms in total. The number of rotatable bonds is 2. The predicted octanol–water partition coefficient (Wildman–Crippen LogP) is 2.78. The zero-order chi connectivity index (χ0) is 10.9. The van der Waals surface area contributed by atoms with E-state index in [0.29, 0.717) is 11.5 Å². The summed E-state index contributed by atoms with van der Waals surface area (Å²) in [6.07, 6.45) is 7.24. The van der Waals surface area contributed by atoms with E-state index in [1.807, 2.05) is 6.92 Å². The minimum Gasteiger partial charge on any atom is -0.366 e. The molecular formula is C12H19N3. The Morgan fingerprint density at radius 3 is 2.67 bits per heavy atom. The van der Waals surface area contributed by atoms with E-state index >= 15 is 0 Å². The van der Waals surface area contributed by atoms with Crippen LogP contribution in [0.4, 0.5) is 5.82 Å². The molecule has 0 aromatic carbocycles. The molecule has 0 bridgehead atoms. The van der Waals surface area contributed by atoms with Crippen molar-refractivity contribution in [2.75, 3.05) is 5.32 Å². The van der Waals surface area contributed by atoms with Gasteiger partial charge in [0, 0.05) is 18.4 Å². The van der Waals surface area contributed by atoms with Gasteiger partial charge in [-0.3, -0.25) is 4.98 Å². The van der Waals surface area contributed by atoms with Gasteiger partial charge in [0.05, 0.1) is 5.69 Å². The summed E-state index contributed by atoms with van der Waals surface area (Å²) in [5.74, 6) is 0.945. The molecule has 82 valence electrons. The van der Waals surface area contributed by atoms with Crippen LogP contribution in [0.25, 0.3) is 0 Å². The average molecular weight is 205 g/mol.